The van der Waals surface area contributed by atoms with Gasteiger partial charge in [0.2, 0.25) is 6.17 Å². The number of hydroxylamine groups is 1. The summed E-state index contributed by atoms with van der Waals surface area (Å²) in [7, 11) is 0. The first-order valence-corrected chi connectivity index (χ1v) is 6.51. The van der Waals surface area contributed by atoms with Crippen LogP contribution in [-0.2, 0) is 0 Å². The van der Waals surface area contributed by atoms with E-state index in [1.54, 1.807) is 0 Å². The van der Waals surface area contributed by atoms with Crippen LogP contribution in [0.2, 0.25) is 0 Å². The summed E-state index contributed by atoms with van der Waals surface area (Å²) < 4.78 is 0. The topological polar surface area (TPSA) is 62.5 Å². The number of hydrogen-bond donors (Lipinski definition) is 2. The standard InChI is InChI=1S/C11H20N4O/c16-15-11(9-5-2-1-3-6-9)7-4-8-12-10(11)13-14-15/h9-10,12-13H,1-8H2. The molecule has 16 heavy (non-hydrogen) atoms. The minimum absolute atomic E-state index is 0.0712. The Hall–Kier alpha value is -0.840. The van der Waals surface area contributed by atoms with Crippen LogP contribution >= 0.6 is 0 Å². The molecule has 5 heteroatoms. The van der Waals surface area contributed by atoms with Gasteiger partial charge in [0.25, 0.3) is 0 Å². The van der Waals surface area contributed by atoms with Crippen LogP contribution < -0.4 is 10.7 Å². The van der Waals surface area contributed by atoms with Gasteiger partial charge >= 0.3 is 0 Å². The minimum atomic E-state index is -0.293. The largest absolute Gasteiger partial charge is 0.695 e. The molecule has 3 aliphatic rings. The number of nitrogens with zero attached hydrogens (tertiary/aromatic N) is 2. The maximum absolute atomic E-state index is 12.1. The van der Waals surface area contributed by atoms with Gasteiger partial charge in [-0.15, -0.1) is 0 Å². The molecule has 1 aliphatic carbocycles. The summed E-state index contributed by atoms with van der Waals surface area (Å²) in [6.07, 6.45) is 8.39. The lowest BCUT2D eigenvalue weighted by atomic mass is 9.70. The van der Waals surface area contributed by atoms with E-state index < -0.39 is 0 Å². The second-order valence-electron chi connectivity index (χ2n) is 5.32. The summed E-state index contributed by atoms with van der Waals surface area (Å²) >= 11 is 0. The van der Waals surface area contributed by atoms with Crippen LogP contribution in [0.15, 0.2) is 5.22 Å². The SMILES string of the molecule is [O-][N+]1=NNC2NCCCC21C1CCCCC1. The molecule has 2 heterocycles. The molecule has 0 radical (unpaired) electrons. The van der Waals surface area contributed by atoms with Crippen LogP contribution in [0.5, 0.6) is 0 Å². The Balaban J connectivity index is 1.88. The van der Waals surface area contributed by atoms with Crippen molar-refractivity contribution in [3.05, 3.63) is 5.21 Å². The highest BCUT2D eigenvalue weighted by Gasteiger charge is 2.57. The van der Waals surface area contributed by atoms with Gasteiger partial charge in [-0.2, -0.15) is 10.3 Å². The molecule has 0 aromatic carbocycles. The quantitative estimate of drug-likeness (QED) is 0.524. The Morgan fingerprint density at radius 1 is 1.19 bits per heavy atom. The van der Waals surface area contributed by atoms with Crippen LogP contribution in [-0.4, -0.2) is 23.1 Å². The van der Waals surface area contributed by atoms with Crippen molar-refractivity contribution in [2.24, 2.45) is 11.1 Å². The maximum Gasteiger partial charge on any atom is 0.212 e. The first kappa shape index (κ1) is 10.3. The minimum Gasteiger partial charge on any atom is -0.695 e. The highest BCUT2D eigenvalue weighted by Crippen LogP contribution is 2.42. The Kier molecular flexibility index (Phi) is 2.50. The van der Waals surface area contributed by atoms with E-state index in [4.69, 9.17) is 0 Å². The van der Waals surface area contributed by atoms with Crippen LogP contribution in [0, 0.1) is 11.1 Å². The third-order valence-corrected chi connectivity index (χ3v) is 4.55. The molecule has 0 aromatic heterocycles. The molecule has 0 spiro atoms. The van der Waals surface area contributed by atoms with Crippen molar-refractivity contribution in [2.75, 3.05) is 6.54 Å². The van der Waals surface area contributed by atoms with Crippen LogP contribution in [0.4, 0.5) is 0 Å². The van der Waals surface area contributed by atoms with Crippen LogP contribution in [0.25, 0.3) is 0 Å². The van der Waals surface area contributed by atoms with E-state index in [0.29, 0.717) is 5.92 Å². The highest BCUT2D eigenvalue weighted by molar-refractivity contribution is 5.00. The van der Waals surface area contributed by atoms with Crippen molar-refractivity contribution in [2.45, 2.75) is 56.7 Å². The maximum atomic E-state index is 12.1. The lowest BCUT2D eigenvalue weighted by Gasteiger charge is -2.43. The molecular formula is C11H20N4O. The zero-order chi connectivity index (χ0) is 11.0. The smallest absolute Gasteiger partial charge is 0.212 e. The molecule has 2 unspecified atom stereocenters. The van der Waals surface area contributed by atoms with Gasteiger partial charge in [0, 0.05) is 12.3 Å². The summed E-state index contributed by atoms with van der Waals surface area (Å²) in [4.78, 5) is 0.972. The van der Waals surface area contributed by atoms with E-state index in [-0.39, 0.29) is 11.7 Å². The third kappa shape index (κ3) is 1.34. The zero-order valence-electron chi connectivity index (χ0n) is 9.61. The van der Waals surface area contributed by atoms with Gasteiger partial charge in [0.05, 0.1) is 5.22 Å². The van der Waals surface area contributed by atoms with Crippen molar-refractivity contribution in [1.82, 2.24) is 10.7 Å². The van der Waals surface area contributed by atoms with E-state index in [0.717, 1.165) is 24.2 Å². The third-order valence-electron chi connectivity index (χ3n) is 4.55. The molecule has 2 atom stereocenters. The fourth-order valence-corrected chi connectivity index (χ4v) is 3.70. The number of rotatable bonds is 1. The lowest BCUT2D eigenvalue weighted by Crippen LogP contribution is -2.63. The average molecular weight is 224 g/mol. The van der Waals surface area contributed by atoms with Gasteiger partial charge in [-0.25, -0.2) is 0 Å². The van der Waals surface area contributed by atoms with Gasteiger partial charge in [-0.1, -0.05) is 19.3 Å². The Bertz CT molecular complexity index is 300. The fraction of sp³-hybridized carbons (Fsp3) is 1.00. The van der Waals surface area contributed by atoms with E-state index >= 15 is 0 Å². The normalized spacial score (nSPS) is 40.0. The summed E-state index contributed by atoms with van der Waals surface area (Å²) in [6, 6.07) is 0. The molecule has 5 nitrogen and oxygen atoms in total. The summed E-state index contributed by atoms with van der Waals surface area (Å²) in [5, 5.41) is 19.4. The highest BCUT2D eigenvalue weighted by atomic mass is 16.5. The second kappa shape index (κ2) is 3.87. The average Bonchev–Trinajstić information content (AvgIpc) is 2.70. The lowest BCUT2D eigenvalue weighted by molar-refractivity contribution is -0.612. The second-order valence-corrected chi connectivity index (χ2v) is 5.32. The Morgan fingerprint density at radius 2 is 2.00 bits per heavy atom. The monoisotopic (exact) mass is 224 g/mol. The predicted molar refractivity (Wildman–Crippen MR) is 59.5 cm³/mol. The molecule has 90 valence electrons. The van der Waals surface area contributed by atoms with Crippen molar-refractivity contribution in [3.8, 4) is 0 Å². The van der Waals surface area contributed by atoms with Crippen LogP contribution in [0.3, 0.4) is 0 Å². The van der Waals surface area contributed by atoms with Crippen molar-refractivity contribution >= 4 is 0 Å². The fourth-order valence-electron chi connectivity index (χ4n) is 3.70. The van der Waals surface area contributed by atoms with E-state index in [9.17, 15) is 5.21 Å². The molecule has 2 fully saturated rings. The molecule has 0 amide bonds. The predicted octanol–water partition coefficient (Wildman–Crippen LogP) is 1.50. The van der Waals surface area contributed by atoms with E-state index in [1.165, 1.54) is 32.1 Å². The Morgan fingerprint density at radius 3 is 2.81 bits per heavy atom. The molecule has 1 saturated carbocycles. The summed E-state index contributed by atoms with van der Waals surface area (Å²) in [5.41, 5.74) is 2.68. The van der Waals surface area contributed by atoms with E-state index in [2.05, 4.69) is 16.0 Å². The van der Waals surface area contributed by atoms with E-state index in [1.807, 2.05) is 0 Å². The molecule has 2 N–H and O–H groups in total. The van der Waals surface area contributed by atoms with Crippen molar-refractivity contribution in [3.63, 3.8) is 0 Å². The molecule has 3 rings (SSSR count). The van der Waals surface area contributed by atoms with Gasteiger partial charge < -0.3 is 5.21 Å². The van der Waals surface area contributed by atoms with Crippen LogP contribution in [0.1, 0.15) is 44.9 Å². The van der Waals surface area contributed by atoms with Gasteiger partial charge in [-0.05, 0) is 25.8 Å². The summed E-state index contributed by atoms with van der Waals surface area (Å²) in [6.45, 7) is 0.996. The first-order chi connectivity index (χ1) is 7.84. The Labute approximate surface area is 95.8 Å². The van der Waals surface area contributed by atoms with Crippen molar-refractivity contribution < 1.29 is 4.86 Å². The number of fused-ring (bicyclic) bond motifs is 1. The molecule has 1 saturated heterocycles. The van der Waals surface area contributed by atoms with Gasteiger partial charge in [-0.3, -0.25) is 5.32 Å². The van der Waals surface area contributed by atoms with Gasteiger partial charge in [0.15, 0.2) is 5.54 Å². The zero-order valence-corrected chi connectivity index (χ0v) is 9.61. The number of piperidine rings is 1. The molecule has 0 bridgehead atoms. The molecule has 2 aliphatic heterocycles. The summed E-state index contributed by atoms with van der Waals surface area (Å²) in [5.74, 6) is 0.510. The number of hydrogen-bond acceptors (Lipinski definition) is 4. The molecular weight excluding hydrogens is 204 g/mol. The number of nitrogens with one attached hydrogen (secondary N) is 2. The first-order valence-electron chi connectivity index (χ1n) is 6.51. The van der Waals surface area contributed by atoms with Crippen molar-refractivity contribution in [1.29, 1.82) is 0 Å². The van der Waals surface area contributed by atoms with Gasteiger partial charge in [0.1, 0.15) is 0 Å². The molecule has 0 aromatic rings.